The number of thiocarbonyl (C=S) groups is 1. The Hall–Kier alpha value is -2.01. The molecule has 0 spiro atoms. The number of rotatable bonds is 5. The molecule has 0 heterocycles. The molecular weight excluding hydrogens is 290 g/mol. The Bertz CT molecular complexity index is 658. The first-order valence-corrected chi connectivity index (χ1v) is 7.01. The van der Waals surface area contributed by atoms with Gasteiger partial charge >= 0.3 is 0 Å². The minimum Gasteiger partial charge on any atom is -0.389 e. The number of hydrogen-bond donors (Lipinski definition) is 1. The third-order valence-corrected chi connectivity index (χ3v) is 3.44. The predicted octanol–water partition coefficient (Wildman–Crippen LogP) is 3.63. The van der Waals surface area contributed by atoms with Crippen molar-refractivity contribution in [2.24, 2.45) is 5.73 Å². The van der Waals surface area contributed by atoms with Crippen molar-refractivity contribution >= 4 is 22.9 Å². The average Bonchev–Trinajstić information content (AvgIpc) is 2.46. The summed E-state index contributed by atoms with van der Waals surface area (Å²) in [6.45, 7) is 3.20. The number of nitrogens with two attached hydrogens (primary N) is 1. The van der Waals surface area contributed by atoms with Gasteiger partial charge in [-0.05, 0) is 42.8 Å². The Morgan fingerprint density at radius 2 is 1.95 bits per heavy atom. The van der Waals surface area contributed by atoms with E-state index in [0.29, 0.717) is 13.1 Å². The van der Waals surface area contributed by atoms with Crippen LogP contribution in [0, 0.1) is 11.6 Å². The fourth-order valence-corrected chi connectivity index (χ4v) is 2.29. The summed E-state index contributed by atoms with van der Waals surface area (Å²) < 4.78 is 26.9. The van der Waals surface area contributed by atoms with Crippen LogP contribution in [-0.4, -0.2) is 11.5 Å². The molecule has 21 heavy (non-hydrogen) atoms. The zero-order valence-electron chi connectivity index (χ0n) is 11.6. The van der Waals surface area contributed by atoms with Crippen molar-refractivity contribution in [2.75, 3.05) is 11.4 Å². The van der Waals surface area contributed by atoms with E-state index in [1.807, 2.05) is 17.9 Å². The lowest BCUT2D eigenvalue weighted by molar-refractivity contribution is 0.624. The van der Waals surface area contributed by atoms with Crippen LogP contribution in [0.2, 0.25) is 0 Å². The van der Waals surface area contributed by atoms with Gasteiger partial charge < -0.3 is 10.6 Å². The maximum Gasteiger partial charge on any atom is 0.133 e. The lowest BCUT2D eigenvalue weighted by atomic mass is 10.1. The molecule has 0 saturated heterocycles. The Kier molecular flexibility index (Phi) is 4.85. The zero-order valence-corrected chi connectivity index (χ0v) is 12.5. The quantitative estimate of drug-likeness (QED) is 0.855. The van der Waals surface area contributed by atoms with Gasteiger partial charge in [0.25, 0.3) is 0 Å². The van der Waals surface area contributed by atoms with Gasteiger partial charge in [0.2, 0.25) is 0 Å². The fraction of sp³-hybridized carbons (Fsp3) is 0.188. The van der Waals surface area contributed by atoms with Crippen LogP contribution < -0.4 is 10.6 Å². The Labute approximate surface area is 128 Å². The summed E-state index contributed by atoms with van der Waals surface area (Å²) in [7, 11) is 0. The van der Waals surface area contributed by atoms with E-state index >= 15 is 0 Å². The first-order chi connectivity index (χ1) is 10.0. The molecule has 0 aliphatic rings. The van der Waals surface area contributed by atoms with Crippen LogP contribution in [0.3, 0.4) is 0 Å². The summed E-state index contributed by atoms with van der Waals surface area (Å²) in [5.41, 5.74) is 7.38. The molecular formula is C16H16F2N2S. The van der Waals surface area contributed by atoms with Gasteiger partial charge in [-0.1, -0.05) is 24.4 Å². The predicted molar refractivity (Wildman–Crippen MR) is 85.4 cm³/mol. The molecule has 2 aromatic rings. The molecule has 2 nitrogen and oxygen atoms in total. The topological polar surface area (TPSA) is 29.3 Å². The van der Waals surface area contributed by atoms with Gasteiger partial charge in [0.05, 0.1) is 0 Å². The summed E-state index contributed by atoms with van der Waals surface area (Å²) in [5.74, 6) is -0.714. The van der Waals surface area contributed by atoms with Crippen molar-refractivity contribution in [3.05, 3.63) is 65.2 Å². The number of hydrogen-bond acceptors (Lipinski definition) is 2. The van der Waals surface area contributed by atoms with Crippen LogP contribution in [0.4, 0.5) is 14.5 Å². The highest BCUT2D eigenvalue weighted by atomic mass is 32.1. The maximum absolute atomic E-state index is 13.6. The first-order valence-electron chi connectivity index (χ1n) is 6.60. The summed E-state index contributed by atoms with van der Waals surface area (Å²) in [6, 6.07) is 11.0. The SMILES string of the molecule is CCN(Cc1ccc(F)c(C(N)=S)c1)c1cccc(F)c1. The van der Waals surface area contributed by atoms with Gasteiger partial charge in [-0.25, -0.2) is 8.78 Å². The first kappa shape index (κ1) is 15.4. The smallest absolute Gasteiger partial charge is 0.133 e. The number of halogens is 2. The summed E-state index contributed by atoms with van der Waals surface area (Å²) in [5, 5.41) is 0. The molecule has 0 unspecified atom stereocenters. The van der Waals surface area contributed by atoms with Gasteiger partial charge in [0.1, 0.15) is 16.6 Å². The molecule has 2 rings (SSSR count). The van der Waals surface area contributed by atoms with E-state index in [0.717, 1.165) is 11.3 Å². The molecule has 5 heteroatoms. The highest BCUT2D eigenvalue weighted by Crippen LogP contribution is 2.19. The minimum absolute atomic E-state index is 0.0307. The lowest BCUT2D eigenvalue weighted by Gasteiger charge is -2.23. The summed E-state index contributed by atoms with van der Waals surface area (Å²) in [4.78, 5) is 2.02. The summed E-state index contributed by atoms with van der Waals surface area (Å²) in [6.07, 6.45) is 0. The fourth-order valence-electron chi connectivity index (χ4n) is 2.14. The Morgan fingerprint density at radius 3 is 2.57 bits per heavy atom. The molecule has 2 aromatic carbocycles. The standard InChI is InChI=1S/C16H16F2N2S/c1-2-20(13-5-3-4-12(17)9-13)10-11-6-7-15(18)14(8-11)16(19)21/h3-9H,2,10H2,1H3,(H2,19,21). The Balaban J connectivity index is 2.27. The molecule has 0 aliphatic heterocycles. The highest BCUT2D eigenvalue weighted by molar-refractivity contribution is 7.80. The van der Waals surface area contributed by atoms with E-state index in [1.165, 1.54) is 18.2 Å². The maximum atomic E-state index is 13.6. The van der Waals surface area contributed by atoms with E-state index in [1.54, 1.807) is 18.2 Å². The normalized spacial score (nSPS) is 10.4. The van der Waals surface area contributed by atoms with E-state index < -0.39 is 5.82 Å². The molecule has 0 aromatic heterocycles. The van der Waals surface area contributed by atoms with Crippen molar-refractivity contribution in [2.45, 2.75) is 13.5 Å². The van der Waals surface area contributed by atoms with Crippen molar-refractivity contribution < 1.29 is 8.78 Å². The zero-order chi connectivity index (χ0) is 15.4. The van der Waals surface area contributed by atoms with Crippen molar-refractivity contribution in [1.29, 1.82) is 0 Å². The van der Waals surface area contributed by atoms with Crippen LogP contribution in [0.1, 0.15) is 18.1 Å². The molecule has 0 saturated carbocycles. The number of benzene rings is 2. The van der Waals surface area contributed by atoms with E-state index in [2.05, 4.69) is 0 Å². The molecule has 0 fully saturated rings. The van der Waals surface area contributed by atoms with Gasteiger partial charge in [-0.3, -0.25) is 0 Å². The number of anilines is 1. The van der Waals surface area contributed by atoms with Crippen LogP contribution in [0.25, 0.3) is 0 Å². The number of nitrogens with zero attached hydrogens (tertiary/aromatic N) is 1. The van der Waals surface area contributed by atoms with Crippen LogP contribution in [-0.2, 0) is 6.54 Å². The largest absolute Gasteiger partial charge is 0.389 e. The Morgan fingerprint density at radius 1 is 1.19 bits per heavy atom. The summed E-state index contributed by atoms with van der Waals surface area (Å²) >= 11 is 4.84. The third kappa shape index (κ3) is 3.76. The van der Waals surface area contributed by atoms with Crippen LogP contribution in [0.5, 0.6) is 0 Å². The van der Waals surface area contributed by atoms with Gasteiger partial charge in [0, 0.05) is 24.3 Å². The van der Waals surface area contributed by atoms with Crippen LogP contribution in [0.15, 0.2) is 42.5 Å². The van der Waals surface area contributed by atoms with E-state index in [-0.39, 0.29) is 16.4 Å². The second kappa shape index (κ2) is 6.63. The third-order valence-electron chi connectivity index (χ3n) is 3.22. The second-order valence-electron chi connectivity index (χ2n) is 4.67. The minimum atomic E-state index is -0.431. The molecule has 0 radical (unpaired) electrons. The monoisotopic (exact) mass is 306 g/mol. The van der Waals surface area contributed by atoms with Gasteiger partial charge in [-0.15, -0.1) is 0 Å². The highest BCUT2D eigenvalue weighted by Gasteiger charge is 2.10. The molecule has 0 bridgehead atoms. The van der Waals surface area contributed by atoms with E-state index in [4.69, 9.17) is 18.0 Å². The second-order valence-corrected chi connectivity index (χ2v) is 5.11. The molecule has 110 valence electrons. The molecule has 2 N–H and O–H groups in total. The van der Waals surface area contributed by atoms with Gasteiger partial charge in [0.15, 0.2) is 0 Å². The van der Waals surface area contributed by atoms with Crippen molar-refractivity contribution in [3.8, 4) is 0 Å². The molecule has 0 amide bonds. The van der Waals surface area contributed by atoms with Crippen LogP contribution >= 0.6 is 12.2 Å². The molecule has 0 atom stereocenters. The molecule has 0 aliphatic carbocycles. The van der Waals surface area contributed by atoms with E-state index in [9.17, 15) is 8.78 Å². The van der Waals surface area contributed by atoms with Crippen molar-refractivity contribution in [3.63, 3.8) is 0 Å². The van der Waals surface area contributed by atoms with Crippen molar-refractivity contribution in [1.82, 2.24) is 0 Å². The lowest BCUT2D eigenvalue weighted by Crippen LogP contribution is -2.22. The van der Waals surface area contributed by atoms with Gasteiger partial charge in [-0.2, -0.15) is 0 Å². The average molecular weight is 306 g/mol.